The highest BCUT2D eigenvalue weighted by atomic mass is 16.5. The standard InChI is InChI=1S/C19H23N5O3/c1-11(18-12(2)21-22-13(18)3)20-19(25)17-8-14(23-24-17)10-27-16-7-5-6-15(9-16)26-4/h5-9,11H,10H2,1-4H3,(H,20,25)(H,21,22)(H,23,24). The number of hydrogen-bond acceptors (Lipinski definition) is 5. The third-order valence-corrected chi connectivity index (χ3v) is 4.26. The van der Waals surface area contributed by atoms with Crippen LogP contribution in [0, 0.1) is 13.8 Å². The fraction of sp³-hybridized carbons (Fsp3) is 0.316. The maximum absolute atomic E-state index is 12.5. The van der Waals surface area contributed by atoms with Gasteiger partial charge in [0.25, 0.3) is 5.91 Å². The van der Waals surface area contributed by atoms with Gasteiger partial charge in [-0.2, -0.15) is 10.2 Å². The Hall–Kier alpha value is -3.29. The minimum absolute atomic E-state index is 0.176. The van der Waals surface area contributed by atoms with Crippen LogP contribution >= 0.6 is 0 Å². The fourth-order valence-electron chi connectivity index (χ4n) is 2.94. The SMILES string of the molecule is COc1cccc(OCc2cc(C(=O)NC(C)c3c(C)n[nH]c3C)n[nH]2)c1. The average Bonchev–Trinajstić information content (AvgIpc) is 3.26. The quantitative estimate of drug-likeness (QED) is 0.594. The highest BCUT2D eigenvalue weighted by Gasteiger charge is 2.19. The number of aromatic amines is 2. The Labute approximate surface area is 157 Å². The largest absolute Gasteiger partial charge is 0.497 e. The lowest BCUT2D eigenvalue weighted by Gasteiger charge is -2.13. The van der Waals surface area contributed by atoms with E-state index in [-0.39, 0.29) is 18.6 Å². The van der Waals surface area contributed by atoms with Crippen LogP contribution in [0.1, 0.15) is 46.1 Å². The number of hydrogen-bond donors (Lipinski definition) is 3. The van der Waals surface area contributed by atoms with Crippen LogP contribution in [0.2, 0.25) is 0 Å². The molecular formula is C19H23N5O3. The molecule has 0 saturated carbocycles. The van der Waals surface area contributed by atoms with E-state index < -0.39 is 0 Å². The smallest absolute Gasteiger partial charge is 0.272 e. The molecule has 0 aliphatic carbocycles. The maximum Gasteiger partial charge on any atom is 0.272 e. The van der Waals surface area contributed by atoms with Crippen molar-refractivity contribution in [2.45, 2.75) is 33.4 Å². The first-order valence-electron chi connectivity index (χ1n) is 8.61. The van der Waals surface area contributed by atoms with Gasteiger partial charge in [0.05, 0.1) is 24.5 Å². The van der Waals surface area contributed by atoms with Crippen molar-refractivity contribution in [1.82, 2.24) is 25.7 Å². The third-order valence-electron chi connectivity index (χ3n) is 4.26. The molecule has 0 saturated heterocycles. The van der Waals surface area contributed by atoms with Crippen molar-refractivity contribution in [2.24, 2.45) is 0 Å². The van der Waals surface area contributed by atoms with E-state index in [4.69, 9.17) is 9.47 Å². The van der Waals surface area contributed by atoms with Gasteiger partial charge in [0.15, 0.2) is 0 Å². The molecule has 0 aliphatic heterocycles. The van der Waals surface area contributed by atoms with Crippen LogP contribution in [0.4, 0.5) is 0 Å². The second-order valence-corrected chi connectivity index (χ2v) is 6.29. The summed E-state index contributed by atoms with van der Waals surface area (Å²) in [5, 5.41) is 16.9. The minimum atomic E-state index is -0.258. The summed E-state index contributed by atoms with van der Waals surface area (Å²) >= 11 is 0. The first-order chi connectivity index (χ1) is 13.0. The van der Waals surface area contributed by atoms with Gasteiger partial charge in [0.2, 0.25) is 0 Å². The van der Waals surface area contributed by atoms with Crippen molar-refractivity contribution >= 4 is 5.91 Å². The Balaban J connectivity index is 1.60. The topological polar surface area (TPSA) is 105 Å². The Morgan fingerprint density at radius 3 is 2.67 bits per heavy atom. The van der Waals surface area contributed by atoms with Crippen LogP contribution in [-0.2, 0) is 6.61 Å². The van der Waals surface area contributed by atoms with Gasteiger partial charge in [-0.1, -0.05) is 6.07 Å². The van der Waals surface area contributed by atoms with Gasteiger partial charge in [-0.3, -0.25) is 15.0 Å². The molecule has 1 atom stereocenters. The molecule has 2 aromatic heterocycles. The third kappa shape index (κ3) is 4.28. The summed E-state index contributed by atoms with van der Waals surface area (Å²) in [7, 11) is 1.60. The van der Waals surface area contributed by atoms with Crippen LogP contribution in [-0.4, -0.2) is 33.4 Å². The number of nitrogens with zero attached hydrogens (tertiary/aromatic N) is 2. The summed E-state index contributed by atoms with van der Waals surface area (Å²) in [5.41, 5.74) is 3.81. The number of carbonyl (C=O) groups excluding carboxylic acids is 1. The molecule has 1 unspecified atom stereocenters. The van der Waals surface area contributed by atoms with Gasteiger partial charge in [-0.15, -0.1) is 0 Å². The Kier molecular flexibility index (Phi) is 5.44. The zero-order valence-corrected chi connectivity index (χ0v) is 15.8. The molecule has 0 bridgehead atoms. The number of aromatic nitrogens is 4. The van der Waals surface area contributed by atoms with E-state index in [9.17, 15) is 4.79 Å². The molecule has 142 valence electrons. The van der Waals surface area contributed by atoms with Crippen LogP contribution in [0.5, 0.6) is 11.5 Å². The molecule has 8 nitrogen and oxygen atoms in total. The Morgan fingerprint density at radius 2 is 1.96 bits per heavy atom. The van der Waals surface area contributed by atoms with Crippen LogP contribution in [0.25, 0.3) is 0 Å². The number of H-pyrrole nitrogens is 2. The van der Waals surface area contributed by atoms with Crippen molar-refractivity contribution < 1.29 is 14.3 Å². The van der Waals surface area contributed by atoms with Crippen molar-refractivity contribution in [3.63, 3.8) is 0 Å². The van der Waals surface area contributed by atoms with E-state index in [0.717, 1.165) is 22.7 Å². The van der Waals surface area contributed by atoms with Crippen molar-refractivity contribution in [3.8, 4) is 11.5 Å². The average molecular weight is 369 g/mol. The van der Waals surface area contributed by atoms with Gasteiger partial charge in [0.1, 0.15) is 23.8 Å². The fourth-order valence-corrected chi connectivity index (χ4v) is 2.94. The molecule has 3 N–H and O–H groups in total. The number of aryl methyl sites for hydroxylation is 2. The summed E-state index contributed by atoms with van der Waals surface area (Å²) in [4.78, 5) is 12.5. The van der Waals surface area contributed by atoms with Gasteiger partial charge in [-0.05, 0) is 39.0 Å². The molecule has 0 fully saturated rings. The lowest BCUT2D eigenvalue weighted by atomic mass is 10.1. The summed E-state index contributed by atoms with van der Waals surface area (Å²) < 4.78 is 10.9. The van der Waals surface area contributed by atoms with E-state index in [1.807, 2.05) is 39.0 Å². The molecule has 8 heteroatoms. The zero-order valence-electron chi connectivity index (χ0n) is 15.8. The van der Waals surface area contributed by atoms with Gasteiger partial charge >= 0.3 is 0 Å². The number of benzene rings is 1. The number of ether oxygens (including phenoxy) is 2. The van der Waals surface area contributed by atoms with Gasteiger partial charge in [-0.25, -0.2) is 0 Å². The monoisotopic (exact) mass is 369 g/mol. The molecule has 0 radical (unpaired) electrons. The van der Waals surface area contributed by atoms with Crippen molar-refractivity contribution in [1.29, 1.82) is 0 Å². The molecule has 3 aromatic rings. The second-order valence-electron chi connectivity index (χ2n) is 6.29. The first-order valence-corrected chi connectivity index (χ1v) is 8.61. The van der Waals surface area contributed by atoms with Gasteiger partial charge in [0, 0.05) is 17.3 Å². The van der Waals surface area contributed by atoms with Crippen LogP contribution in [0.3, 0.4) is 0 Å². The number of methoxy groups -OCH3 is 1. The van der Waals surface area contributed by atoms with E-state index in [0.29, 0.717) is 17.1 Å². The van der Waals surface area contributed by atoms with E-state index in [1.54, 1.807) is 19.2 Å². The molecule has 0 aliphatic rings. The predicted molar refractivity (Wildman–Crippen MR) is 99.9 cm³/mol. The highest BCUT2D eigenvalue weighted by molar-refractivity contribution is 5.92. The van der Waals surface area contributed by atoms with Gasteiger partial charge < -0.3 is 14.8 Å². The first kappa shape index (κ1) is 18.5. The summed E-state index contributed by atoms with van der Waals surface area (Å²) in [6, 6.07) is 8.82. The number of rotatable bonds is 7. The van der Waals surface area contributed by atoms with Crippen LogP contribution < -0.4 is 14.8 Å². The molecule has 1 amide bonds. The Morgan fingerprint density at radius 1 is 1.19 bits per heavy atom. The van der Waals surface area contributed by atoms with E-state index in [2.05, 4.69) is 25.7 Å². The molecule has 0 spiro atoms. The highest BCUT2D eigenvalue weighted by Crippen LogP contribution is 2.21. The normalized spacial score (nSPS) is 11.9. The second kappa shape index (κ2) is 7.94. The predicted octanol–water partition coefficient (Wildman–Crippen LogP) is 2.83. The van der Waals surface area contributed by atoms with E-state index >= 15 is 0 Å². The van der Waals surface area contributed by atoms with Crippen molar-refractivity contribution in [3.05, 3.63) is 58.7 Å². The van der Waals surface area contributed by atoms with Crippen molar-refractivity contribution in [2.75, 3.05) is 7.11 Å². The minimum Gasteiger partial charge on any atom is -0.497 e. The lowest BCUT2D eigenvalue weighted by molar-refractivity contribution is 0.0934. The van der Waals surface area contributed by atoms with E-state index in [1.165, 1.54) is 0 Å². The van der Waals surface area contributed by atoms with Crippen LogP contribution in [0.15, 0.2) is 30.3 Å². The summed E-state index contributed by atoms with van der Waals surface area (Å²) in [6.07, 6.45) is 0. The Bertz CT molecular complexity index is 912. The summed E-state index contributed by atoms with van der Waals surface area (Å²) in [5.74, 6) is 1.14. The molecule has 3 rings (SSSR count). The molecule has 1 aromatic carbocycles. The zero-order chi connectivity index (χ0) is 19.4. The number of carbonyl (C=O) groups is 1. The molecule has 2 heterocycles. The number of amides is 1. The molecule has 27 heavy (non-hydrogen) atoms. The maximum atomic E-state index is 12.5. The summed E-state index contributed by atoms with van der Waals surface area (Å²) in [6.45, 7) is 6.02. The number of nitrogens with one attached hydrogen (secondary N) is 3. The lowest BCUT2D eigenvalue weighted by Crippen LogP contribution is -2.27. The molecular weight excluding hydrogens is 346 g/mol.